The molecule has 0 spiro atoms. The van der Waals surface area contributed by atoms with E-state index in [0.717, 1.165) is 28.1 Å². The van der Waals surface area contributed by atoms with E-state index >= 15 is 0 Å². The van der Waals surface area contributed by atoms with Crippen molar-refractivity contribution < 1.29 is 9.59 Å². The van der Waals surface area contributed by atoms with E-state index in [9.17, 15) is 9.59 Å². The minimum Gasteiger partial charge on any atom is -0.350 e. The summed E-state index contributed by atoms with van der Waals surface area (Å²) < 4.78 is 1.66. The molecule has 2 aromatic heterocycles. The van der Waals surface area contributed by atoms with E-state index in [0.29, 0.717) is 22.9 Å². The van der Waals surface area contributed by atoms with Crippen LogP contribution in [0.5, 0.6) is 0 Å². The smallest absolute Gasteiger partial charge is 0.277 e. The highest BCUT2D eigenvalue weighted by Crippen LogP contribution is 2.35. The fourth-order valence-electron chi connectivity index (χ4n) is 4.39. The Morgan fingerprint density at radius 2 is 1.83 bits per heavy atom. The van der Waals surface area contributed by atoms with Crippen molar-refractivity contribution in [3.05, 3.63) is 94.0 Å². The summed E-state index contributed by atoms with van der Waals surface area (Å²) in [4.78, 5) is 30.1. The van der Waals surface area contributed by atoms with E-state index in [-0.39, 0.29) is 18.4 Å². The van der Waals surface area contributed by atoms with Crippen molar-refractivity contribution in [1.82, 2.24) is 15.1 Å². The van der Waals surface area contributed by atoms with Crippen molar-refractivity contribution in [3.63, 3.8) is 0 Å². The van der Waals surface area contributed by atoms with Crippen molar-refractivity contribution >= 4 is 40.4 Å². The third-order valence-electron chi connectivity index (χ3n) is 6.39. The molecule has 2 aromatic carbocycles. The number of hydrogen-bond acceptors (Lipinski definition) is 4. The zero-order valence-corrected chi connectivity index (χ0v) is 21.1. The topological polar surface area (TPSA) is 67.2 Å². The van der Waals surface area contributed by atoms with Crippen molar-refractivity contribution in [2.75, 3.05) is 4.90 Å². The van der Waals surface area contributed by atoms with Crippen LogP contribution in [-0.2, 0) is 24.3 Å². The highest BCUT2D eigenvalue weighted by atomic mass is 35.5. The van der Waals surface area contributed by atoms with E-state index < -0.39 is 5.54 Å². The van der Waals surface area contributed by atoms with Gasteiger partial charge in [0.1, 0.15) is 16.9 Å². The molecule has 8 heteroatoms. The lowest BCUT2D eigenvalue weighted by Gasteiger charge is -2.43. The van der Waals surface area contributed by atoms with Crippen molar-refractivity contribution in [3.8, 4) is 10.6 Å². The predicted octanol–water partition coefficient (Wildman–Crippen LogP) is 5.56. The fraction of sp³-hybridized carbons (Fsp3) is 0.222. The zero-order valence-electron chi connectivity index (χ0n) is 19.5. The van der Waals surface area contributed by atoms with E-state index in [2.05, 4.69) is 17.3 Å². The Hall–Kier alpha value is -3.42. The molecule has 6 nitrogen and oxygen atoms in total. The lowest BCUT2D eigenvalue weighted by molar-refractivity contribution is -0.126. The molecule has 4 aromatic rings. The molecular formula is C27H25ClN4O2S. The molecule has 1 N–H and O–H groups in total. The van der Waals surface area contributed by atoms with Gasteiger partial charge < -0.3 is 5.32 Å². The van der Waals surface area contributed by atoms with Gasteiger partial charge in [-0.15, -0.1) is 11.3 Å². The van der Waals surface area contributed by atoms with Crippen LogP contribution >= 0.6 is 22.9 Å². The molecule has 5 rings (SSSR count). The number of carbonyl (C=O) groups is 2. The fourth-order valence-corrected chi connectivity index (χ4v) is 5.19. The standard InChI is InChI=1S/C27H25ClN4O2S/c1-3-18-8-12-21(13-9-18)32-25(33)23-15-22(24-5-4-14-35-24)30-31(23)17-27(32,2)26(34)29-16-19-6-10-20(28)11-7-19/h4-15H,3,16-17H2,1-2H3,(H,29,34)/t27-/m0/s1. The van der Waals surface area contributed by atoms with Gasteiger partial charge in [-0.05, 0) is 66.2 Å². The molecule has 0 bridgehead atoms. The molecular weight excluding hydrogens is 480 g/mol. The third kappa shape index (κ3) is 4.37. The summed E-state index contributed by atoms with van der Waals surface area (Å²) in [6.07, 6.45) is 0.893. The van der Waals surface area contributed by atoms with Crippen LogP contribution in [0.25, 0.3) is 10.6 Å². The van der Waals surface area contributed by atoms with Crippen LogP contribution in [0.3, 0.4) is 0 Å². The molecule has 0 aliphatic carbocycles. The zero-order chi connectivity index (χ0) is 24.6. The van der Waals surface area contributed by atoms with Gasteiger partial charge in [-0.3, -0.25) is 19.2 Å². The normalized spacial score (nSPS) is 17.3. The molecule has 3 heterocycles. The van der Waals surface area contributed by atoms with Crippen LogP contribution in [0.1, 0.15) is 35.5 Å². The van der Waals surface area contributed by atoms with E-state index in [1.807, 2.05) is 60.0 Å². The molecule has 2 amide bonds. The van der Waals surface area contributed by atoms with E-state index in [4.69, 9.17) is 11.6 Å². The molecule has 0 saturated carbocycles. The monoisotopic (exact) mass is 504 g/mol. The molecule has 35 heavy (non-hydrogen) atoms. The highest BCUT2D eigenvalue weighted by molar-refractivity contribution is 7.13. The highest BCUT2D eigenvalue weighted by Gasteiger charge is 2.48. The van der Waals surface area contributed by atoms with E-state index in [1.54, 1.807) is 40.0 Å². The third-order valence-corrected chi connectivity index (χ3v) is 7.53. The summed E-state index contributed by atoms with van der Waals surface area (Å²) >= 11 is 7.55. The number of aromatic nitrogens is 2. The second-order valence-electron chi connectivity index (χ2n) is 8.79. The summed E-state index contributed by atoms with van der Waals surface area (Å²) in [5.41, 5.74) is 2.79. The van der Waals surface area contributed by atoms with Gasteiger partial charge in [0.25, 0.3) is 5.91 Å². The number of nitrogens with one attached hydrogen (secondary N) is 1. The average Bonchev–Trinajstić information content (AvgIpc) is 3.54. The molecule has 0 radical (unpaired) electrons. The van der Waals surface area contributed by atoms with Gasteiger partial charge in [-0.1, -0.05) is 48.9 Å². The second-order valence-corrected chi connectivity index (χ2v) is 10.2. The summed E-state index contributed by atoms with van der Waals surface area (Å²) in [5, 5.41) is 10.3. The van der Waals surface area contributed by atoms with E-state index in [1.165, 1.54) is 0 Å². The minimum atomic E-state index is -1.18. The Morgan fingerprint density at radius 1 is 1.11 bits per heavy atom. The molecule has 0 saturated heterocycles. The lowest BCUT2D eigenvalue weighted by atomic mass is 9.93. The van der Waals surface area contributed by atoms with Crippen molar-refractivity contribution in [2.45, 2.75) is 38.9 Å². The Bertz CT molecular complexity index is 1360. The number of amides is 2. The number of thiophene rings is 1. The first-order chi connectivity index (χ1) is 16.9. The first-order valence-corrected chi connectivity index (χ1v) is 12.7. The lowest BCUT2D eigenvalue weighted by Crippen LogP contribution is -2.64. The van der Waals surface area contributed by atoms with Crippen LogP contribution in [0, 0.1) is 0 Å². The molecule has 178 valence electrons. The molecule has 1 aliphatic heterocycles. The van der Waals surface area contributed by atoms with Gasteiger partial charge >= 0.3 is 0 Å². The van der Waals surface area contributed by atoms with Crippen LogP contribution in [0.2, 0.25) is 5.02 Å². The van der Waals surface area contributed by atoms with Gasteiger partial charge in [-0.2, -0.15) is 5.10 Å². The molecule has 1 aliphatic rings. The number of benzene rings is 2. The van der Waals surface area contributed by atoms with Gasteiger partial charge in [-0.25, -0.2) is 0 Å². The van der Waals surface area contributed by atoms with Gasteiger partial charge in [0.05, 0.1) is 11.4 Å². The number of halogens is 1. The molecule has 0 unspecified atom stereocenters. The van der Waals surface area contributed by atoms with Crippen molar-refractivity contribution in [1.29, 1.82) is 0 Å². The van der Waals surface area contributed by atoms with Gasteiger partial charge in [0.15, 0.2) is 0 Å². The predicted molar refractivity (Wildman–Crippen MR) is 140 cm³/mol. The Kier molecular flexibility index (Phi) is 6.21. The Balaban J connectivity index is 1.52. The Morgan fingerprint density at radius 3 is 2.49 bits per heavy atom. The summed E-state index contributed by atoms with van der Waals surface area (Å²) in [5.74, 6) is -0.501. The SMILES string of the molecule is CCc1ccc(N2C(=O)c3cc(-c4cccs4)nn3C[C@@]2(C)C(=O)NCc2ccc(Cl)cc2)cc1. The number of anilines is 1. The van der Waals surface area contributed by atoms with Crippen LogP contribution in [0.15, 0.2) is 72.1 Å². The van der Waals surface area contributed by atoms with Crippen molar-refractivity contribution in [2.24, 2.45) is 0 Å². The van der Waals surface area contributed by atoms with Gasteiger partial charge in [0.2, 0.25) is 5.91 Å². The maximum absolute atomic E-state index is 13.9. The maximum atomic E-state index is 13.9. The van der Waals surface area contributed by atoms with Crippen LogP contribution in [0.4, 0.5) is 5.69 Å². The quantitative estimate of drug-likeness (QED) is 0.373. The number of aryl methyl sites for hydroxylation is 1. The van der Waals surface area contributed by atoms with Crippen LogP contribution < -0.4 is 10.2 Å². The summed E-state index contributed by atoms with van der Waals surface area (Å²) in [6.45, 7) is 4.45. The molecule has 0 fully saturated rings. The van der Waals surface area contributed by atoms with Gasteiger partial charge in [0, 0.05) is 17.3 Å². The number of fused-ring (bicyclic) bond motifs is 1. The maximum Gasteiger partial charge on any atom is 0.277 e. The second kappa shape index (κ2) is 9.32. The summed E-state index contributed by atoms with van der Waals surface area (Å²) in [6, 6.07) is 20.9. The number of carbonyl (C=O) groups excluding carboxylic acids is 2. The Labute approximate surface area is 213 Å². The number of hydrogen-bond donors (Lipinski definition) is 1. The largest absolute Gasteiger partial charge is 0.350 e. The first kappa shape index (κ1) is 23.3. The number of rotatable bonds is 6. The summed E-state index contributed by atoms with van der Waals surface area (Å²) in [7, 11) is 0. The minimum absolute atomic E-state index is 0.238. The van der Waals surface area contributed by atoms with Crippen LogP contribution in [-0.4, -0.2) is 27.1 Å². The first-order valence-electron chi connectivity index (χ1n) is 11.5. The molecule has 1 atom stereocenters. The average molecular weight is 505 g/mol. The number of nitrogens with zero attached hydrogens (tertiary/aromatic N) is 3.